The Morgan fingerprint density at radius 1 is 1.20 bits per heavy atom. The molecule has 0 spiro atoms. The predicted molar refractivity (Wildman–Crippen MR) is 91.8 cm³/mol. The lowest BCUT2D eigenvalue weighted by Crippen LogP contribution is -2.13. The van der Waals surface area contributed by atoms with Crippen molar-refractivity contribution in [1.29, 1.82) is 0 Å². The van der Waals surface area contributed by atoms with Crippen LogP contribution in [0.5, 0.6) is 0 Å². The van der Waals surface area contributed by atoms with Gasteiger partial charge in [0.15, 0.2) is 5.82 Å². The fourth-order valence-electron chi connectivity index (χ4n) is 2.35. The molecule has 2 aromatic carbocycles. The van der Waals surface area contributed by atoms with Gasteiger partial charge in [0.25, 0.3) is 5.91 Å². The number of anilines is 1. The maximum Gasteiger partial charge on any atom is 0.256 e. The highest BCUT2D eigenvalue weighted by Crippen LogP contribution is 2.21. The van der Waals surface area contributed by atoms with E-state index < -0.39 is 17.5 Å². The molecular formula is C18H14ClF2N3O. The van der Waals surface area contributed by atoms with Crippen molar-refractivity contribution in [2.45, 2.75) is 13.5 Å². The second-order valence-electron chi connectivity index (χ2n) is 5.49. The van der Waals surface area contributed by atoms with Crippen LogP contribution in [0.4, 0.5) is 14.6 Å². The molecule has 0 unspecified atom stereocenters. The van der Waals surface area contributed by atoms with E-state index in [0.717, 1.165) is 5.69 Å². The quantitative estimate of drug-likeness (QED) is 0.747. The number of carbonyl (C=O) groups excluding carboxylic acids is 1. The van der Waals surface area contributed by atoms with E-state index in [1.165, 1.54) is 36.4 Å². The lowest BCUT2D eigenvalue weighted by Gasteiger charge is -2.07. The fraction of sp³-hybridized carbons (Fsp3) is 0.111. The van der Waals surface area contributed by atoms with E-state index in [0.29, 0.717) is 22.0 Å². The Kier molecular flexibility index (Phi) is 4.81. The average Bonchev–Trinajstić information content (AvgIpc) is 2.91. The van der Waals surface area contributed by atoms with E-state index in [-0.39, 0.29) is 6.54 Å². The summed E-state index contributed by atoms with van der Waals surface area (Å²) in [4.78, 5) is 12.1. The van der Waals surface area contributed by atoms with Gasteiger partial charge in [-0.2, -0.15) is 5.10 Å². The smallest absolute Gasteiger partial charge is 0.256 e. The first-order valence-electron chi connectivity index (χ1n) is 7.48. The number of halogens is 3. The van der Waals surface area contributed by atoms with E-state index in [1.54, 1.807) is 23.7 Å². The molecule has 0 aliphatic rings. The van der Waals surface area contributed by atoms with Crippen molar-refractivity contribution in [3.05, 3.63) is 82.0 Å². The average molecular weight is 362 g/mol. The molecule has 0 bridgehead atoms. The summed E-state index contributed by atoms with van der Waals surface area (Å²) in [6.07, 6.45) is 0. The zero-order valence-corrected chi connectivity index (χ0v) is 14.0. The minimum Gasteiger partial charge on any atom is -0.305 e. The van der Waals surface area contributed by atoms with Crippen LogP contribution >= 0.6 is 11.6 Å². The van der Waals surface area contributed by atoms with Gasteiger partial charge in [-0.05, 0) is 43.3 Å². The van der Waals surface area contributed by atoms with Gasteiger partial charge < -0.3 is 5.32 Å². The Balaban J connectivity index is 1.78. The van der Waals surface area contributed by atoms with Crippen molar-refractivity contribution < 1.29 is 13.6 Å². The third kappa shape index (κ3) is 3.85. The summed E-state index contributed by atoms with van der Waals surface area (Å²) in [6, 6.07) is 11.3. The fourth-order valence-corrected chi connectivity index (χ4v) is 2.58. The number of aryl methyl sites for hydroxylation is 1. The molecule has 1 amide bonds. The minimum absolute atomic E-state index is 0.143. The van der Waals surface area contributed by atoms with Crippen molar-refractivity contribution in [2.75, 3.05) is 5.32 Å². The van der Waals surface area contributed by atoms with Crippen molar-refractivity contribution in [1.82, 2.24) is 9.78 Å². The lowest BCUT2D eigenvalue weighted by molar-refractivity contribution is 0.102. The monoisotopic (exact) mass is 361 g/mol. The van der Waals surface area contributed by atoms with E-state index in [9.17, 15) is 13.6 Å². The van der Waals surface area contributed by atoms with Gasteiger partial charge in [0.05, 0.1) is 6.54 Å². The molecule has 1 aromatic heterocycles. The Hall–Kier alpha value is -2.73. The van der Waals surface area contributed by atoms with Crippen LogP contribution in [0.3, 0.4) is 0 Å². The molecule has 0 aliphatic heterocycles. The van der Waals surface area contributed by atoms with Gasteiger partial charge >= 0.3 is 0 Å². The molecule has 4 nitrogen and oxygen atoms in total. The van der Waals surface area contributed by atoms with Crippen LogP contribution in [-0.2, 0) is 6.54 Å². The molecule has 7 heteroatoms. The van der Waals surface area contributed by atoms with Crippen molar-refractivity contribution in [3.8, 4) is 0 Å². The maximum absolute atomic E-state index is 13.9. The van der Waals surface area contributed by atoms with E-state index in [1.807, 2.05) is 0 Å². The number of aromatic nitrogens is 2. The summed E-state index contributed by atoms with van der Waals surface area (Å²) < 4.78 is 28.4. The Morgan fingerprint density at radius 3 is 2.60 bits per heavy atom. The van der Waals surface area contributed by atoms with Gasteiger partial charge in [0.2, 0.25) is 0 Å². The zero-order valence-electron chi connectivity index (χ0n) is 13.3. The first kappa shape index (κ1) is 17.1. The van der Waals surface area contributed by atoms with Crippen LogP contribution in [0.1, 0.15) is 21.6 Å². The topological polar surface area (TPSA) is 46.9 Å². The van der Waals surface area contributed by atoms with Crippen molar-refractivity contribution >= 4 is 23.3 Å². The first-order chi connectivity index (χ1) is 11.9. The first-order valence-corrected chi connectivity index (χ1v) is 7.86. The van der Waals surface area contributed by atoms with Crippen molar-refractivity contribution in [2.24, 2.45) is 0 Å². The third-order valence-electron chi connectivity index (χ3n) is 3.70. The van der Waals surface area contributed by atoms with E-state index in [2.05, 4.69) is 10.4 Å². The number of hydrogen-bond acceptors (Lipinski definition) is 2. The number of carbonyl (C=O) groups is 1. The number of nitrogens with one attached hydrogen (secondary N) is 1. The van der Waals surface area contributed by atoms with Gasteiger partial charge in [0.1, 0.15) is 11.6 Å². The largest absolute Gasteiger partial charge is 0.305 e. The molecule has 128 valence electrons. The number of rotatable bonds is 4. The third-order valence-corrected chi connectivity index (χ3v) is 4.05. The van der Waals surface area contributed by atoms with Gasteiger partial charge in [-0.1, -0.05) is 17.7 Å². The molecule has 0 fully saturated rings. The van der Waals surface area contributed by atoms with Gasteiger partial charge in [0, 0.05) is 27.9 Å². The molecule has 25 heavy (non-hydrogen) atoms. The molecule has 3 rings (SSSR count). The van der Waals surface area contributed by atoms with Crippen molar-refractivity contribution in [3.63, 3.8) is 0 Å². The summed E-state index contributed by atoms with van der Waals surface area (Å²) >= 11 is 6.03. The van der Waals surface area contributed by atoms with Crippen LogP contribution in [-0.4, -0.2) is 15.7 Å². The Labute approximate surface area is 148 Å². The minimum atomic E-state index is -0.418. The predicted octanol–water partition coefficient (Wildman–Crippen LogP) is 4.42. The Bertz CT molecular complexity index is 902. The van der Waals surface area contributed by atoms with Gasteiger partial charge in [-0.25, -0.2) is 8.78 Å². The highest BCUT2D eigenvalue weighted by atomic mass is 35.5. The normalized spacial score (nSPS) is 10.7. The summed E-state index contributed by atoms with van der Waals surface area (Å²) in [7, 11) is 0. The molecule has 1 heterocycles. The number of nitrogens with zero attached hydrogens (tertiary/aromatic N) is 2. The number of amides is 1. The van der Waals surface area contributed by atoms with Crippen LogP contribution in [0.25, 0.3) is 0 Å². The van der Waals surface area contributed by atoms with Crippen LogP contribution in [0, 0.1) is 18.6 Å². The van der Waals surface area contributed by atoms with Crippen LogP contribution in [0.15, 0.2) is 48.5 Å². The second-order valence-corrected chi connectivity index (χ2v) is 5.90. The van der Waals surface area contributed by atoms with E-state index in [4.69, 9.17) is 11.6 Å². The maximum atomic E-state index is 13.9. The molecule has 0 saturated carbocycles. The summed E-state index contributed by atoms with van der Waals surface area (Å²) in [6.45, 7) is 1.93. The summed E-state index contributed by atoms with van der Waals surface area (Å²) in [5, 5.41) is 7.20. The molecule has 0 aliphatic carbocycles. The second kappa shape index (κ2) is 7.03. The van der Waals surface area contributed by atoms with E-state index >= 15 is 0 Å². The highest BCUT2D eigenvalue weighted by Gasteiger charge is 2.13. The SMILES string of the molecule is Cc1cc(NC(=O)c2ccc(F)cc2)nn1Cc1c(F)cccc1Cl. The van der Waals surface area contributed by atoms with Gasteiger partial charge in [-0.3, -0.25) is 9.48 Å². The molecule has 1 N–H and O–H groups in total. The number of hydrogen-bond donors (Lipinski definition) is 1. The zero-order chi connectivity index (χ0) is 18.0. The van der Waals surface area contributed by atoms with Crippen LogP contribution in [0.2, 0.25) is 5.02 Å². The van der Waals surface area contributed by atoms with Crippen LogP contribution < -0.4 is 5.32 Å². The molecule has 3 aromatic rings. The lowest BCUT2D eigenvalue weighted by atomic mass is 10.2. The molecule has 0 atom stereocenters. The molecule has 0 radical (unpaired) electrons. The standard InChI is InChI=1S/C18H14ClF2N3O/c1-11-9-17(22-18(25)12-5-7-13(20)8-6-12)23-24(11)10-14-15(19)3-2-4-16(14)21/h2-9H,10H2,1H3,(H,22,23,25). The van der Waals surface area contributed by atoms with Gasteiger partial charge in [-0.15, -0.1) is 0 Å². The number of benzene rings is 2. The Morgan fingerprint density at radius 2 is 1.92 bits per heavy atom. The highest BCUT2D eigenvalue weighted by molar-refractivity contribution is 6.31. The molecular weight excluding hydrogens is 348 g/mol. The summed E-state index contributed by atoms with van der Waals surface area (Å²) in [5.74, 6) is -0.925. The summed E-state index contributed by atoms with van der Waals surface area (Å²) in [5.41, 5.74) is 1.37. The molecule has 0 saturated heterocycles.